The van der Waals surface area contributed by atoms with Crippen LogP contribution in [0.1, 0.15) is 12.1 Å². The predicted molar refractivity (Wildman–Crippen MR) is 98.3 cm³/mol. The second-order valence-corrected chi connectivity index (χ2v) is 6.21. The van der Waals surface area contributed by atoms with E-state index in [0.717, 1.165) is 30.8 Å². The number of nitrogens with zero attached hydrogens (tertiary/aromatic N) is 3. The maximum absolute atomic E-state index is 12.0. The van der Waals surface area contributed by atoms with Crippen molar-refractivity contribution in [3.05, 3.63) is 54.1 Å². The highest BCUT2D eigenvalue weighted by atomic mass is 32.1. The van der Waals surface area contributed by atoms with Crippen molar-refractivity contribution in [2.75, 3.05) is 17.7 Å². The number of amides is 2. The monoisotopic (exact) mass is 357 g/mol. The van der Waals surface area contributed by atoms with Crippen LogP contribution in [0.4, 0.5) is 15.6 Å². The second-order valence-electron chi connectivity index (χ2n) is 5.36. The van der Waals surface area contributed by atoms with E-state index < -0.39 is 0 Å². The number of urea groups is 1. The van der Waals surface area contributed by atoms with E-state index in [1.54, 1.807) is 43.9 Å². The zero-order valence-electron chi connectivity index (χ0n) is 13.8. The third-order valence-electron chi connectivity index (χ3n) is 3.53. The lowest BCUT2D eigenvalue weighted by Gasteiger charge is -2.06. The van der Waals surface area contributed by atoms with E-state index in [0.29, 0.717) is 10.8 Å². The smallest absolute Gasteiger partial charge is 0.325 e. The number of carbonyl (C=O) groups excluding carboxylic acids is 1. The van der Waals surface area contributed by atoms with Gasteiger partial charge in [0.15, 0.2) is 5.13 Å². The quantitative estimate of drug-likeness (QED) is 0.677. The lowest BCUT2D eigenvalue weighted by atomic mass is 10.2. The van der Waals surface area contributed by atoms with Gasteiger partial charge in [-0.3, -0.25) is 5.32 Å². The lowest BCUT2D eigenvalue weighted by Crippen LogP contribution is -2.19. The number of benzene rings is 1. The molecule has 2 amide bonds. The first-order chi connectivity index (χ1) is 12.2. The van der Waals surface area contributed by atoms with Crippen LogP contribution in [0.25, 0.3) is 0 Å². The molecule has 0 bridgehead atoms. The van der Waals surface area contributed by atoms with Crippen LogP contribution in [0.2, 0.25) is 0 Å². The predicted octanol–water partition coefficient (Wildman–Crippen LogP) is 3.63. The van der Waals surface area contributed by atoms with Crippen molar-refractivity contribution in [2.24, 2.45) is 0 Å². The summed E-state index contributed by atoms with van der Waals surface area (Å²) in [6.45, 7) is 0.901. The maximum Gasteiger partial charge on any atom is 0.325 e. The summed E-state index contributed by atoms with van der Waals surface area (Å²) in [5.74, 6) is 0.742. The number of nitrogens with one attached hydrogen (secondary N) is 2. The van der Waals surface area contributed by atoms with E-state index >= 15 is 0 Å². The Labute approximate surface area is 149 Å². The zero-order chi connectivity index (χ0) is 17.5. The van der Waals surface area contributed by atoms with E-state index in [9.17, 15) is 4.79 Å². The highest BCUT2D eigenvalue weighted by molar-refractivity contribution is 7.13. The minimum absolute atomic E-state index is 0.315. The Kier molecular flexibility index (Phi) is 5.63. The number of ether oxygens (including phenoxy) is 1. The molecule has 2 aromatic heterocycles. The molecule has 0 atom stereocenters. The molecular formula is C17H19N5O2S. The van der Waals surface area contributed by atoms with Gasteiger partial charge in [-0.05, 0) is 37.1 Å². The van der Waals surface area contributed by atoms with E-state index in [1.807, 2.05) is 16.1 Å². The van der Waals surface area contributed by atoms with Crippen molar-refractivity contribution in [1.29, 1.82) is 0 Å². The normalized spacial score (nSPS) is 10.4. The van der Waals surface area contributed by atoms with Gasteiger partial charge in [-0.15, -0.1) is 11.3 Å². The molecule has 0 unspecified atom stereocenters. The second kappa shape index (κ2) is 8.29. The summed E-state index contributed by atoms with van der Waals surface area (Å²) in [5.41, 5.74) is 1.67. The molecule has 0 radical (unpaired) electrons. The fourth-order valence-electron chi connectivity index (χ4n) is 2.27. The van der Waals surface area contributed by atoms with Crippen molar-refractivity contribution in [3.63, 3.8) is 0 Å². The molecule has 0 aliphatic carbocycles. The number of hydrogen-bond acceptors (Lipinski definition) is 5. The summed E-state index contributed by atoms with van der Waals surface area (Å²) in [5, 5.41) is 8.07. The molecule has 0 aliphatic rings. The molecule has 7 nitrogen and oxygen atoms in total. The number of imidazole rings is 1. The fraction of sp³-hybridized carbons (Fsp3) is 0.235. The van der Waals surface area contributed by atoms with Crippen LogP contribution >= 0.6 is 11.3 Å². The van der Waals surface area contributed by atoms with Crippen LogP contribution < -0.4 is 15.4 Å². The van der Waals surface area contributed by atoms with Gasteiger partial charge in [-0.1, -0.05) is 0 Å². The van der Waals surface area contributed by atoms with Gasteiger partial charge in [0.2, 0.25) is 0 Å². The minimum atomic E-state index is -0.315. The van der Waals surface area contributed by atoms with Gasteiger partial charge in [-0.2, -0.15) is 0 Å². The van der Waals surface area contributed by atoms with Gasteiger partial charge in [0.25, 0.3) is 0 Å². The Morgan fingerprint density at radius 1 is 1.28 bits per heavy atom. The molecule has 1 aromatic carbocycles. The maximum atomic E-state index is 12.0. The number of aromatic nitrogens is 3. The highest BCUT2D eigenvalue weighted by Gasteiger charge is 2.07. The summed E-state index contributed by atoms with van der Waals surface area (Å²) in [6.07, 6.45) is 7.34. The molecule has 3 aromatic rings. The largest absolute Gasteiger partial charge is 0.497 e. The first-order valence-electron chi connectivity index (χ1n) is 7.85. The average molecular weight is 357 g/mol. The van der Waals surface area contributed by atoms with Gasteiger partial charge in [0, 0.05) is 30.0 Å². The van der Waals surface area contributed by atoms with Gasteiger partial charge in [0.05, 0.1) is 19.1 Å². The number of aryl methyl sites for hydroxylation is 2. The van der Waals surface area contributed by atoms with Crippen LogP contribution in [-0.4, -0.2) is 27.7 Å². The summed E-state index contributed by atoms with van der Waals surface area (Å²) in [4.78, 5) is 20.5. The minimum Gasteiger partial charge on any atom is -0.497 e. The standard InChI is InChI=1S/C17H19N5O2S/c1-24-15-6-4-13(5-7-15)19-16(23)21-17-20-14(11-25-17)3-2-9-22-10-8-18-12-22/h4-8,10-12H,2-3,9H2,1H3,(H2,19,20,21,23). The van der Waals surface area contributed by atoms with Crippen molar-refractivity contribution in [3.8, 4) is 5.75 Å². The molecule has 2 heterocycles. The SMILES string of the molecule is COc1ccc(NC(=O)Nc2nc(CCCn3ccnc3)cs2)cc1. The van der Waals surface area contributed by atoms with Gasteiger partial charge >= 0.3 is 6.03 Å². The summed E-state index contributed by atoms with van der Waals surface area (Å²) < 4.78 is 7.12. The zero-order valence-corrected chi connectivity index (χ0v) is 14.6. The number of carbonyl (C=O) groups is 1. The summed E-state index contributed by atoms with van der Waals surface area (Å²) in [7, 11) is 1.60. The van der Waals surface area contributed by atoms with Crippen molar-refractivity contribution >= 4 is 28.2 Å². The number of methoxy groups -OCH3 is 1. The van der Waals surface area contributed by atoms with E-state index in [4.69, 9.17) is 4.74 Å². The Bertz CT molecular complexity index is 799. The van der Waals surface area contributed by atoms with Crippen LogP contribution in [-0.2, 0) is 13.0 Å². The topological polar surface area (TPSA) is 81.1 Å². The molecule has 2 N–H and O–H groups in total. The molecular weight excluding hydrogens is 338 g/mol. The third kappa shape index (κ3) is 5.05. The number of anilines is 2. The van der Waals surface area contributed by atoms with Gasteiger partial charge < -0.3 is 14.6 Å². The first kappa shape index (κ1) is 17.0. The molecule has 8 heteroatoms. The van der Waals surface area contributed by atoms with Gasteiger partial charge in [0.1, 0.15) is 5.75 Å². The van der Waals surface area contributed by atoms with Gasteiger partial charge in [-0.25, -0.2) is 14.8 Å². The van der Waals surface area contributed by atoms with Crippen LogP contribution in [0, 0.1) is 0 Å². The van der Waals surface area contributed by atoms with E-state index in [-0.39, 0.29) is 6.03 Å². The molecule has 130 valence electrons. The first-order valence-corrected chi connectivity index (χ1v) is 8.73. The van der Waals surface area contributed by atoms with Crippen LogP contribution in [0.5, 0.6) is 5.75 Å². The lowest BCUT2D eigenvalue weighted by molar-refractivity contribution is 0.262. The molecule has 0 spiro atoms. The molecule has 25 heavy (non-hydrogen) atoms. The third-order valence-corrected chi connectivity index (χ3v) is 4.34. The van der Waals surface area contributed by atoms with Crippen molar-refractivity contribution < 1.29 is 9.53 Å². The Morgan fingerprint density at radius 2 is 2.12 bits per heavy atom. The van der Waals surface area contributed by atoms with Crippen molar-refractivity contribution in [1.82, 2.24) is 14.5 Å². The molecule has 3 rings (SSSR count). The average Bonchev–Trinajstić information content (AvgIpc) is 3.28. The fourth-order valence-corrected chi connectivity index (χ4v) is 3.01. The molecule has 0 fully saturated rings. The highest BCUT2D eigenvalue weighted by Crippen LogP contribution is 2.18. The van der Waals surface area contributed by atoms with E-state index in [2.05, 4.69) is 20.6 Å². The summed E-state index contributed by atoms with van der Waals surface area (Å²) in [6, 6.07) is 6.82. The van der Waals surface area contributed by atoms with Crippen molar-refractivity contribution in [2.45, 2.75) is 19.4 Å². The Morgan fingerprint density at radius 3 is 2.84 bits per heavy atom. The molecule has 0 saturated carbocycles. The van der Waals surface area contributed by atoms with E-state index in [1.165, 1.54) is 11.3 Å². The van der Waals surface area contributed by atoms with Crippen LogP contribution in [0.15, 0.2) is 48.4 Å². The number of thiazole rings is 1. The number of rotatable bonds is 7. The number of hydrogen-bond donors (Lipinski definition) is 2. The Hall–Kier alpha value is -2.87. The molecule has 0 aliphatic heterocycles. The molecule has 0 saturated heterocycles. The Balaban J connectivity index is 1.45. The van der Waals surface area contributed by atoms with Crippen LogP contribution in [0.3, 0.4) is 0 Å². The summed E-state index contributed by atoms with van der Waals surface area (Å²) >= 11 is 1.42.